The maximum Gasteiger partial charge on any atom is 0.484 e. The van der Waals surface area contributed by atoms with E-state index in [2.05, 4.69) is 0 Å². The van der Waals surface area contributed by atoms with Gasteiger partial charge in [-0.05, 0) is 11.5 Å². The molecule has 11 heavy (non-hydrogen) atoms. The van der Waals surface area contributed by atoms with Crippen LogP contribution in [-0.4, -0.2) is 28.1 Å². The number of rotatable bonds is 1. The molecule has 1 rings (SSSR count). The zero-order chi connectivity index (χ0) is 8.48. The van der Waals surface area contributed by atoms with Crippen LogP contribution in [0.15, 0.2) is 23.7 Å². The van der Waals surface area contributed by atoms with Crippen molar-refractivity contribution in [1.82, 2.24) is 0 Å². The quantitative estimate of drug-likeness (QED) is 0.452. The predicted molar refractivity (Wildman–Crippen MR) is 38.1 cm³/mol. The summed E-state index contributed by atoms with van der Waals surface area (Å²) >= 11 is 0. The number of hydrogen-bond donors (Lipinski definition) is 3. The van der Waals surface area contributed by atoms with Crippen LogP contribution in [0.25, 0.3) is 0 Å². The fourth-order valence-electron chi connectivity index (χ4n) is 0.901. The lowest BCUT2D eigenvalue weighted by Crippen LogP contribution is -2.28. The van der Waals surface area contributed by atoms with E-state index in [-0.39, 0.29) is 11.9 Å². The van der Waals surface area contributed by atoms with Gasteiger partial charge in [-0.3, -0.25) is 0 Å². The largest absolute Gasteiger partial charge is 0.484 e. The first-order valence-electron chi connectivity index (χ1n) is 3.17. The van der Waals surface area contributed by atoms with Gasteiger partial charge in [0, 0.05) is 6.42 Å². The van der Waals surface area contributed by atoms with E-state index in [0.717, 1.165) is 6.08 Å². The highest BCUT2D eigenvalue weighted by Crippen LogP contribution is 2.24. The molecule has 0 saturated heterocycles. The van der Waals surface area contributed by atoms with Crippen molar-refractivity contribution in [3.8, 4) is 0 Å². The average molecular weight is 158 g/mol. The Kier molecular flexibility index (Phi) is 2.13. The number of hydrogen-bond acceptors (Lipinski definition) is 3. The third kappa shape index (κ3) is 2.15. The number of alkyl halides is 1. The van der Waals surface area contributed by atoms with Crippen molar-refractivity contribution in [2.75, 3.05) is 0 Å². The lowest BCUT2D eigenvalue weighted by Gasteiger charge is -2.19. The van der Waals surface area contributed by atoms with E-state index in [1.54, 1.807) is 0 Å². The van der Waals surface area contributed by atoms with Crippen LogP contribution >= 0.6 is 0 Å². The minimum Gasteiger partial charge on any atom is -0.423 e. The van der Waals surface area contributed by atoms with Crippen LogP contribution in [0.3, 0.4) is 0 Å². The van der Waals surface area contributed by atoms with Crippen molar-refractivity contribution in [2.24, 2.45) is 0 Å². The summed E-state index contributed by atoms with van der Waals surface area (Å²) in [6.45, 7) is 0. The molecule has 0 heterocycles. The molecule has 0 radical (unpaired) electrons. The molecular weight excluding hydrogens is 150 g/mol. The van der Waals surface area contributed by atoms with Gasteiger partial charge in [0.05, 0.1) is 0 Å². The van der Waals surface area contributed by atoms with Crippen LogP contribution in [0.4, 0.5) is 4.39 Å². The summed E-state index contributed by atoms with van der Waals surface area (Å²) in [5.41, 5.74) is 0.0671. The summed E-state index contributed by atoms with van der Waals surface area (Å²) in [5.74, 6) is -2.44. The van der Waals surface area contributed by atoms with Crippen molar-refractivity contribution in [2.45, 2.75) is 12.3 Å². The SMILES string of the molecule is OB(O)C1=CC=CC(O)(F)C1. The molecule has 60 valence electrons. The molecule has 3 nitrogen and oxygen atoms in total. The average Bonchev–Trinajstić information content (AvgIpc) is 1.85. The molecule has 0 fully saturated rings. The van der Waals surface area contributed by atoms with Gasteiger partial charge in [0.25, 0.3) is 0 Å². The molecule has 0 aromatic heterocycles. The molecule has 0 spiro atoms. The van der Waals surface area contributed by atoms with Crippen LogP contribution in [-0.2, 0) is 0 Å². The van der Waals surface area contributed by atoms with Crippen molar-refractivity contribution in [3.63, 3.8) is 0 Å². The van der Waals surface area contributed by atoms with Gasteiger partial charge < -0.3 is 15.2 Å². The second kappa shape index (κ2) is 2.77. The lowest BCUT2D eigenvalue weighted by molar-refractivity contribution is -0.0403. The highest BCUT2D eigenvalue weighted by molar-refractivity contribution is 6.50. The normalized spacial score (nSPS) is 30.0. The Hall–Kier alpha value is -0.645. The monoisotopic (exact) mass is 158 g/mol. The van der Waals surface area contributed by atoms with Gasteiger partial charge in [-0.15, -0.1) is 0 Å². The Morgan fingerprint density at radius 2 is 2.18 bits per heavy atom. The Labute approximate surface area is 63.6 Å². The summed E-state index contributed by atoms with van der Waals surface area (Å²) in [4.78, 5) is 0. The molecule has 5 heteroatoms. The van der Waals surface area contributed by atoms with Crippen molar-refractivity contribution in [1.29, 1.82) is 0 Å². The lowest BCUT2D eigenvalue weighted by atomic mass is 9.74. The van der Waals surface area contributed by atoms with Gasteiger partial charge in [0.1, 0.15) is 0 Å². The Morgan fingerprint density at radius 3 is 2.55 bits per heavy atom. The molecule has 0 aromatic rings. The second-order valence-corrected chi connectivity index (χ2v) is 2.47. The highest BCUT2D eigenvalue weighted by atomic mass is 19.2. The zero-order valence-electron chi connectivity index (χ0n) is 5.74. The molecular formula is C6H8BFO3. The predicted octanol–water partition coefficient (Wildman–Crippen LogP) is -0.457. The van der Waals surface area contributed by atoms with Gasteiger partial charge >= 0.3 is 7.12 Å². The summed E-state index contributed by atoms with van der Waals surface area (Å²) in [6.07, 6.45) is 3.18. The standard InChI is InChI=1S/C6H8BFO3/c8-6(9)3-1-2-5(4-6)7(10)11/h1-3,9-11H,4H2. The summed E-state index contributed by atoms with van der Waals surface area (Å²) in [6, 6.07) is 0. The molecule has 1 atom stereocenters. The maximum absolute atomic E-state index is 12.7. The summed E-state index contributed by atoms with van der Waals surface area (Å²) in [7, 11) is -1.69. The fraction of sp³-hybridized carbons (Fsp3) is 0.333. The minimum atomic E-state index is -2.44. The number of allylic oxidation sites excluding steroid dienone is 2. The Balaban J connectivity index is 2.73. The van der Waals surface area contributed by atoms with E-state index < -0.39 is 13.0 Å². The van der Waals surface area contributed by atoms with Gasteiger partial charge in [-0.2, -0.15) is 0 Å². The summed E-state index contributed by atoms with van der Waals surface area (Å²) in [5, 5.41) is 25.9. The molecule has 0 saturated carbocycles. The molecule has 0 bridgehead atoms. The Morgan fingerprint density at radius 1 is 1.55 bits per heavy atom. The zero-order valence-corrected chi connectivity index (χ0v) is 5.74. The van der Waals surface area contributed by atoms with Crippen molar-refractivity contribution in [3.05, 3.63) is 23.7 Å². The van der Waals surface area contributed by atoms with Gasteiger partial charge in [-0.25, -0.2) is 4.39 Å². The molecule has 1 aliphatic rings. The summed E-state index contributed by atoms with van der Waals surface area (Å²) < 4.78 is 12.7. The van der Waals surface area contributed by atoms with Crippen molar-refractivity contribution >= 4 is 7.12 Å². The third-order valence-corrected chi connectivity index (χ3v) is 1.45. The number of aliphatic hydroxyl groups is 1. The van der Waals surface area contributed by atoms with Crippen molar-refractivity contribution < 1.29 is 19.5 Å². The minimum absolute atomic E-state index is 0.0671. The molecule has 0 aliphatic heterocycles. The molecule has 1 unspecified atom stereocenters. The molecule has 3 N–H and O–H groups in total. The smallest absolute Gasteiger partial charge is 0.423 e. The van der Waals surface area contributed by atoms with Crippen LogP contribution < -0.4 is 0 Å². The third-order valence-electron chi connectivity index (χ3n) is 1.45. The molecule has 1 aliphatic carbocycles. The van der Waals surface area contributed by atoms with E-state index >= 15 is 0 Å². The van der Waals surface area contributed by atoms with Crippen LogP contribution in [0.5, 0.6) is 0 Å². The highest BCUT2D eigenvalue weighted by Gasteiger charge is 2.30. The first-order valence-corrected chi connectivity index (χ1v) is 3.17. The molecule has 0 aromatic carbocycles. The van der Waals surface area contributed by atoms with Crippen LogP contribution in [0.2, 0.25) is 0 Å². The van der Waals surface area contributed by atoms with E-state index in [1.807, 2.05) is 0 Å². The van der Waals surface area contributed by atoms with E-state index in [9.17, 15) is 4.39 Å². The van der Waals surface area contributed by atoms with E-state index in [1.165, 1.54) is 12.2 Å². The Bertz CT molecular complexity index is 210. The van der Waals surface area contributed by atoms with Gasteiger partial charge in [0.15, 0.2) is 0 Å². The van der Waals surface area contributed by atoms with Gasteiger partial charge in [-0.1, -0.05) is 12.2 Å². The van der Waals surface area contributed by atoms with E-state index in [4.69, 9.17) is 15.2 Å². The van der Waals surface area contributed by atoms with E-state index in [0.29, 0.717) is 0 Å². The fourth-order valence-corrected chi connectivity index (χ4v) is 0.901. The van der Waals surface area contributed by atoms with Crippen LogP contribution in [0.1, 0.15) is 6.42 Å². The maximum atomic E-state index is 12.7. The van der Waals surface area contributed by atoms with Gasteiger partial charge in [0.2, 0.25) is 5.85 Å². The molecule has 0 amide bonds. The van der Waals surface area contributed by atoms with Crippen LogP contribution in [0, 0.1) is 0 Å². The first kappa shape index (κ1) is 8.45. The topological polar surface area (TPSA) is 60.7 Å². The first-order chi connectivity index (χ1) is 5.01. The number of halogens is 1. The second-order valence-electron chi connectivity index (χ2n) is 2.47.